The van der Waals surface area contributed by atoms with Crippen molar-refractivity contribution in [3.05, 3.63) is 54.1 Å². The summed E-state index contributed by atoms with van der Waals surface area (Å²) in [4.78, 5) is 30.4. The first-order valence-electron chi connectivity index (χ1n) is 14.1. The summed E-state index contributed by atoms with van der Waals surface area (Å²) in [6.45, 7) is 4.82. The lowest BCUT2D eigenvalue weighted by molar-refractivity contribution is -0.123. The van der Waals surface area contributed by atoms with Crippen LogP contribution in [0.3, 0.4) is 0 Å². The van der Waals surface area contributed by atoms with E-state index in [-0.39, 0.29) is 29.0 Å². The van der Waals surface area contributed by atoms with Gasteiger partial charge in [0.2, 0.25) is 21.8 Å². The SMILES string of the molecule is O=C(CN1C(=O)CSc2ccc(S(=O)(=O)N3CCOCC3)cc21)NCCCN1CCC(Cc2ccccc2)CC1. The smallest absolute Gasteiger partial charge is 0.243 e. The van der Waals surface area contributed by atoms with Crippen LogP contribution < -0.4 is 10.2 Å². The third-order valence-corrected chi connectivity index (χ3v) is 10.8. The first-order chi connectivity index (χ1) is 19.4. The Balaban J connectivity index is 1.09. The zero-order valence-corrected chi connectivity index (χ0v) is 24.4. The van der Waals surface area contributed by atoms with E-state index in [1.165, 1.54) is 45.4 Å². The van der Waals surface area contributed by atoms with E-state index in [9.17, 15) is 18.0 Å². The molecule has 0 aliphatic carbocycles. The molecule has 5 rings (SSSR count). The number of ether oxygens (including phenoxy) is 1. The maximum Gasteiger partial charge on any atom is 0.243 e. The third-order valence-electron chi connectivity index (χ3n) is 7.83. The second-order valence-corrected chi connectivity index (χ2v) is 13.5. The molecule has 0 saturated carbocycles. The Bertz CT molecular complexity index is 1280. The normalized spacial score (nSPS) is 19.4. The molecule has 0 spiro atoms. The van der Waals surface area contributed by atoms with Crippen LogP contribution in [0.5, 0.6) is 0 Å². The summed E-state index contributed by atoms with van der Waals surface area (Å²) >= 11 is 1.36. The molecule has 2 fully saturated rings. The van der Waals surface area contributed by atoms with E-state index in [0.29, 0.717) is 38.5 Å². The highest BCUT2D eigenvalue weighted by atomic mass is 32.2. The number of morpholine rings is 1. The van der Waals surface area contributed by atoms with Crippen molar-refractivity contribution in [2.45, 2.75) is 35.5 Å². The number of hydrogen-bond acceptors (Lipinski definition) is 7. The zero-order chi connectivity index (χ0) is 28.0. The molecule has 216 valence electrons. The molecule has 0 bridgehead atoms. The molecule has 0 atom stereocenters. The Morgan fingerprint density at radius 1 is 1.02 bits per heavy atom. The highest BCUT2D eigenvalue weighted by Gasteiger charge is 2.31. The molecule has 3 heterocycles. The zero-order valence-electron chi connectivity index (χ0n) is 22.8. The maximum absolute atomic E-state index is 13.2. The average Bonchev–Trinajstić information content (AvgIpc) is 2.98. The summed E-state index contributed by atoms with van der Waals surface area (Å²) in [5, 5.41) is 2.95. The van der Waals surface area contributed by atoms with Gasteiger partial charge in [-0.15, -0.1) is 11.8 Å². The lowest BCUT2D eigenvalue weighted by Crippen LogP contribution is -2.44. The van der Waals surface area contributed by atoms with E-state index in [1.54, 1.807) is 12.1 Å². The van der Waals surface area contributed by atoms with Crippen LogP contribution in [0.15, 0.2) is 58.3 Å². The monoisotopic (exact) mass is 586 g/mol. The molecule has 40 heavy (non-hydrogen) atoms. The molecule has 2 saturated heterocycles. The van der Waals surface area contributed by atoms with Gasteiger partial charge < -0.3 is 19.9 Å². The fourth-order valence-electron chi connectivity index (χ4n) is 5.54. The molecule has 3 aliphatic rings. The van der Waals surface area contributed by atoms with Crippen molar-refractivity contribution in [2.24, 2.45) is 5.92 Å². The minimum Gasteiger partial charge on any atom is -0.379 e. The van der Waals surface area contributed by atoms with Crippen molar-refractivity contribution < 1.29 is 22.7 Å². The van der Waals surface area contributed by atoms with Crippen LogP contribution in [0.25, 0.3) is 0 Å². The number of sulfonamides is 1. The summed E-state index contributed by atoms with van der Waals surface area (Å²) in [5.41, 5.74) is 1.89. The molecule has 2 amide bonds. The van der Waals surface area contributed by atoms with Gasteiger partial charge in [-0.2, -0.15) is 4.31 Å². The predicted molar refractivity (Wildman–Crippen MR) is 156 cm³/mol. The van der Waals surface area contributed by atoms with Gasteiger partial charge in [0.25, 0.3) is 0 Å². The number of amides is 2. The minimum atomic E-state index is -3.71. The lowest BCUT2D eigenvalue weighted by Gasteiger charge is -2.32. The van der Waals surface area contributed by atoms with Crippen molar-refractivity contribution in [1.82, 2.24) is 14.5 Å². The molecule has 0 radical (unpaired) electrons. The fraction of sp³-hybridized carbons (Fsp3) is 0.517. The maximum atomic E-state index is 13.2. The Morgan fingerprint density at radius 2 is 1.77 bits per heavy atom. The van der Waals surface area contributed by atoms with Crippen molar-refractivity contribution in [3.8, 4) is 0 Å². The van der Waals surface area contributed by atoms with Gasteiger partial charge in [0.15, 0.2) is 0 Å². The van der Waals surface area contributed by atoms with Gasteiger partial charge in [-0.1, -0.05) is 30.3 Å². The standard InChI is InChI=1S/C29H38N4O5S2/c34-28(30-11-4-12-31-13-9-24(10-14-31)19-23-5-2-1-3-6-23)21-33-26-20-25(7-8-27(26)39-22-29(33)35)40(36,37)32-15-17-38-18-16-32/h1-3,5-8,20,24H,4,9-19,21-22H2,(H,30,34). The number of piperidine rings is 1. The van der Waals surface area contributed by atoms with E-state index in [1.807, 2.05) is 0 Å². The van der Waals surface area contributed by atoms with Crippen LogP contribution in [0.4, 0.5) is 5.69 Å². The molecule has 0 unspecified atom stereocenters. The number of carbonyl (C=O) groups excluding carboxylic acids is 2. The molecule has 3 aliphatic heterocycles. The molecular formula is C29H38N4O5S2. The molecular weight excluding hydrogens is 548 g/mol. The Morgan fingerprint density at radius 3 is 2.52 bits per heavy atom. The highest BCUT2D eigenvalue weighted by Crippen LogP contribution is 2.37. The Labute approximate surface area is 241 Å². The van der Waals surface area contributed by atoms with Crippen molar-refractivity contribution in [3.63, 3.8) is 0 Å². The van der Waals surface area contributed by atoms with Crippen molar-refractivity contribution in [2.75, 3.05) is 69.7 Å². The van der Waals surface area contributed by atoms with Gasteiger partial charge in [0.05, 0.1) is 29.5 Å². The molecule has 0 aromatic heterocycles. The van der Waals surface area contributed by atoms with E-state index in [0.717, 1.165) is 43.3 Å². The van der Waals surface area contributed by atoms with E-state index in [2.05, 4.69) is 40.5 Å². The highest BCUT2D eigenvalue weighted by molar-refractivity contribution is 8.00. The third kappa shape index (κ3) is 7.25. The van der Waals surface area contributed by atoms with Crippen molar-refractivity contribution in [1.29, 1.82) is 0 Å². The number of likely N-dealkylation sites (tertiary alicyclic amines) is 1. The number of fused-ring (bicyclic) bond motifs is 1. The number of nitrogens with one attached hydrogen (secondary N) is 1. The number of thioether (sulfide) groups is 1. The summed E-state index contributed by atoms with van der Waals surface area (Å²) < 4.78 is 33.0. The second kappa shape index (κ2) is 13.5. The Hall–Kier alpha value is -2.44. The average molecular weight is 587 g/mol. The number of hydrogen-bond donors (Lipinski definition) is 1. The van der Waals surface area contributed by atoms with Crippen LogP contribution >= 0.6 is 11.8 Å². The van der Waals surface area contributed by atoms with Crippen LogP contribution in [0.2, 0.25) is 0 Å². The number of anilines is 1. The van der Waals surface area contributed by atoms with Gasteiger partial charge >= 0.3 is 0 Å². The topological polar surface area (TPSA) is 99.3 Å². The van der Waals surface area contributed by atoms with Gasteiger partial charge in [0.1, 0.15) is 6.54 Å². The fourth-order valence-corrected chi connectivity index (χ4v) is 7.89. The molecule has 11 heteroatoms. The summed E-state index contributed by atoms with van der Waals surface area (Å²) in [5.74, 6) is 0.503. The number of nitrogens with zero attached hydrogens (tertiary/aromatic N) is 3. The van der Waals surface area contributed by atoms with E-state index < -0.39 is 10.0 Å². The van der Waals surface area contributed by atoms with Crippen LogP contribution in [0, 0.1) is 5.92 Å². The number of carbonyl (C=O) groups is 2. The van der Waals surface area contributed by atoms with E-state index in [4.69, 9.17) is 4.74 Å². The first kappa shape index (κ1) is 29.1. The van der Waals surface area contributed by atoms with Crippen LogP contribution in [-0.2, 0) is 30.8 Å². The minimum absolute atomic E-state index is 0.126. The molecule has 2 aromatic rings. The first-order valence-corrected chi connectivity index (χ1v) is 16.5. The molecule has 9 nitrogen and oxygen atoms in total. The predicted octanol–water partition coefficient (Wildman–Crippen LogP) is 2.61. The van der Waals surface area contributed by atoms with Crippen molar-refractivity contribution >= 4 is 39.3 Å². The van der Waals surface area contributed by atoms with Gasteiger partial charge in [-0.3, -0.25) is 9.59 Å². The van der Waals surface area contributed by atoms with Crippen LogP contribution in [-0.4, -0.2) is 94.2 Å². The lowest BCUT2D eigenvalue weighted by atomic mass is 9.90. The largest absolute Gasteiger partial charge is 0.379 e. The summed E-state index contributed by atoms with van der Waals surface area (Å²) in [6.07, 6.45) is 4.37. The van der Waals surface area contributed by atoms with E-state index >= 15 is 0 Å². The number of benzene rings is 2. The summed E-state index contributed by atoms with van der Waals surface area (Å²) in [6, 6.07) is 15.5. The quantitative estimate of drug-likeness (QED) is 0.428. The second-order valence-electron chi connectivity index (χ2n) is 10.6. The van der Waals surface area contributed by atoms with Crippen LogP contribution in [0.1, 0.15) is 24.8 Å². The van der Waals surface area contributed by atoms with Gasteiger partial charge in [0, 0.05) is 24.5 Å². The van der Waals surface area contributed by atoms with Gasteiger partial charge in [-0.25, -0.2) is 8.42 Å². The Kier molecular flexibility index (Phi) is 9.80. The molecule has 2 aromatic carbocycles. The number of rotatable bonds is 10. The van der Waals surface area contributed by atoms with Gasteiger partial charge in [-0.05, 0) is 75.0 Å². The molecule has 1 N–H and O–H groups in total. The summed E-state index contributed by atoms with van der Waals surface area (Å²) in [7, 11) is -3.71.